The topological polar surface area (TPSA) is 148 Å². The summed E-state index contributed by atoms with van der Waals surface area (Å²) in [5, 5.41) is 8.25. The predicted octanol–water partition coefficient (Wildman–Crippen LogP) is 5.08. The van der Waals surface area contributed by atoms with Crippen molar-refractivity contribution in [3.8, 4) is 22.5 Å². The Morgan fingerprint density at radius 3 is 2.61 bits per heavy atom. The van der Waals surface area contributed by atoms with Gasteiger partial charge in [0, 0.05) is 79.7 Å². The predicted molar refractivity (Wildman–Crippen MR) is 209 cm³/mol. The Balaban J connectivity index is 1.54. The van der Waals surface area contributed by atoms with Crippen LogP contribution in [0.3, 0.4) is 0 Å². The van der Waals surface area contributed by atoms with Gasteiger partial charge in [0.25, 0.3) is 12.4 Å². The van der Waals surface area contributed by atoms with Gasteiger partial charge in [-0.05, 0) is 61.9 Å². The number of hydrogen-bond donors (Lipinski definition) is 2. The van der Waals surface area contributed by atoms with Crippen molar-refractivity contribution in [2.45, 2.75) is 78.5 Å². The smallest absolute Gasteiger partial charge is 0.293 e. The van der Waals surface area contributed by atoms with Crippen LogP contribution in [-0.2, 0) is 48.5 Å². The van der Waals surface area contributed by atoms with Crippen molar-refractivity contribution >= 4 is 46.9 Å². The van der Waals surface area contributed by atoms with E-state index in [1.165, 1.54) is 16.2 Å². The Bertz CT molecular complexity index is 1950. The first-order valence-electron chi connectivity index (χ1n) is 18.4. The number of aryl methyl sites for hydroxylation is 1. The highest BCUT2D eigenvalue weighted by Crippen LogP contribution is 2.41. The Morgan fingerprint density at radius 1 is 1.17 bits per heavy atom. The molecule has 290 valence electrons. The van der Waals surface area contributed by atoms with Gasteiger partial charge in [-0.15, -0.1) is 11.3 Å². The molecule has 1 fully saturated rings. The molecule has 0 saturated carbocycles. The molecule has 1 aliphatic heterocycles. The average Bonchev–Trinajstić information content (AvgIpc) is 3.74. The van der Waals surface area contributed by atoms with Gasteiger partial charge < -0.3 is 24.3 Å². The number of amides is 3. The minimum absolute atomic E-state index is 0.162. The van der Waals surface area contributed by atoms with E-state index in [0.29, 0.717) is 37.4 Å². The molecule has 3 unspecified atom stereocenters. The van der Waals surface area contributed by atoms with Crippen LogP contribution in [0.2, 0.25) is 0 Å². The van der Waals surface area contributed by atoms with Crippen LogP contribution in [0.15, 0.2) is 41.9 Å². The summed E-state index contributed by atoms with van der Waals surface area (Å²) >= 11 is 1.43. The fraction of sp³-hybridized carbons (Fsp3) is 0.500. The highest BCUT2D eigenvalue weighted by molar-refractivity contribution is 7.10. The van der Waals surface area contributed by atoms with E-state index in [4.69, 9.17) is 19.4 Å². The van der Waals surface area contributed by atoms with Crippen molar-refractivity contribution in [1.82, 2.24) is 35.2 Å². The molecule has 13 nitrogen and oxygen atoms in total. The zero-order valence-electron chi connectivity index (χ0n) is 32.5. The van der Waals surface area contributed by atoms with Gasteiger partial charge in [0.05, 0.1) is 34.8 Å². The fourth-order valence-electron chi connectivity index (χ4n) is 7.30. The lowest BCUT2D eigenvalue weighted by atomic mass is 9.84. The highest BCUT2D eigenvalue weighted by Gasteiger charge is 2.34. The zero-order valence-corrected chi connectivity index (χ0v) is 33.4. The van der Waals surface area contributed by atoms with Gasteiger partial charge in [0.15, 0.2) is 0 Å². The normalized spacial score (nSPS) is 15.2. The number of thiazole rings is 1. The molecule has 1 aromatic carbocycles. The summed E-state index contributed by atoms with van der Waals surface area (Å²) in [6, 6.07) is 8.65. The molecule has 54 heavy (non-hydrogen) atoms. The molecule has 14 heteroatoms. The number of hydrazine groups is 1. The average molecular weight is 760 g/mol. The second kappa shape index (κ2) is 17.7. The van der Waals surface area contributed by atoms with E-state index >= 15 is 0 Å². The lowest BCUT2D eigenvalue weighted by molar-refractivity contribution is -0.142. The van der Waals surface area contributed by atoms with Crippen LogP contribution in [0.4, 0.5) is 0 Å². The first-order valence-corrected chi connectivity index (χ1v) is 19.3. The lowest BCUT2D eigenvalue weighted by Crippen LogP contribution is -2.58. The molecule has 2 N–H and O–H groups in total. The molecule has 1 aliphatic rings. The van der Waals surface area contributed by atoms with Crippen molar-refractivity contribution in [3.63, 3.8) is 0 Å². The number of fused-ring (bicyclic) bond motifs is 1. The molecule has 3 atom stereocenters. The summed E-state index contributed by atoms with van der Waals surface area (Å²) in [5.41, 5.74) is 9.35. The summed E-state index contributed by atoms with van der Waals surface area (Å²) in [4.78, 5) is 61.3. The maximum atomic E-state index is 13.8. The second-order valence-electron chi connectivity index (χ2n) is 15.1. The Morgan fingerprint density at radius 2 is 1.94 bits per heavy atom. The molecule has 0 spiro atoms. The summed E-state index contributed by atoms with van der Waals surface area (Å²) in [5.74, 6) is -0.787. The van der Waals surface area contributed by atoms with E-state index in [1.807, 2.05) is 45.3 Å². The standard InChI is InChI=1S/C40H53N7O6S/c1-25(2)36(45(6)23-48)38(50)44-31(39(51)47-17-10-9-16-42-47)19-34-43-32(21-54-34)27-13-14-33-29(18-27)30(20-40(4,5)22-53-24-49)37(46(33)7)28-12-11-15-41-35(28)26(3)52-8/h11-15,18,21,23-26,31,36,42H,9-10,16-17,19-20,22H2,1-8H3,(H,44,50). The number of nitrogens with zero attached hydrogens (tertiary/aromatic N) is 5. The first-order chi connectivity index (χ1) is 25.8. The molecule has 5 rings (SSSR count). The SMILES string of the molecule is COC(C)c1ncccc1-c1c(CC(C)(C)COC=O)c2cc(-c3csc(CC(NC(=O)C(C(C)C)N(C)C=O)C(=O)N4CCCCN4)n3)ccc2n1C. The number of carbonyl (C=O) groups excluding carboxylic acids is 4. The van der Waals surface area contributed by atoms with E-state index in [0.717, 1.165) is 57.5 Å². The Hall–Kier alpha value is -4.66. The van der Waals surface area contributed by atoms with E-state index in [1.54, 1.807) is 25.4 Å². The van der Waals surface area contributed by atoms with Crippen LogP contribution in [-0.4, -0.2) is 95.1 Å². The van der Waals surface area contributed by atoms with Gasteiger partial charge in [0.2, 0.25) is 12.3 Å². The van der Waals surface area contributed by atoms with E-state index < -0.39 is 12.1 Å². The second-order valence-corrected chi connectivity index (χ2v) is 16.1. The highest BCUT2D eigenvalue weighted by atomic mass is 32.1. The van der Waals surface area contributed by atoms with Gasteiger partial charge in [-0.25, -0.2) is 10.4 Å². The monoisotopic (exact) mass is 759 g/mol. The fourth-order valence-corrected chi connectivity index (χ4v) is 8.15. The minimum atomic E-state index is -0.881. The van der Waals surface area contributed by atoms with Crippen LogP contribution in [0.25, 0.3) is 33.4 Å². The molecule has 0 aliphatic carbocycles. The van der Waals surface area contributed by atoms with Gasteiger partial charge >= 0.3 is 0 Å². The molecule has 1 saturated heterocycles. The number of rotatable bonds is 17. The number of pyridine rings is 1. The molecular weight excluding hydrogens is 707 g/mol. The number of carbonyl (C=O) groups is 4. The first kappa shape index (κ1) is 40.5. The largest absolute Gasteiger partial charge is 0.467 e. The number of aromatic nitrogens is 3. The minimum Gasteiger partial charge on any atom is -0.467 e. The molecule has 4 aromatic rings. The molecule has 3 amide bonds. The van der Waals surface area contributed by atoms with Crippen LogP contribution >= 0.6 is 11.3 Å². The summed E-state index contributed by atoms with van der Waals surface area (Å²) < 4.78 is 13.2. The van der Waals surface area contributed by atoms with E-state index in [9.17, 15) is 19.2 Å². The van der Waals surface area contributed by atoms with Crippen molar-refractivity contribution in [2.24, 2.45) is 18.4 Å². The van der Waals surface area contributed by atoms with Crippen molar-refractivity contribution in [2.75, 3.05) is 33.9 Å². The molecular formula is C40H53N7O6S. The number of hydrogen-bond acceptors (Lipinski definition) is 10. The van der Waals surface area contributed by atoms with E-state index in [2.05, 4.69) is 47.4 Å². The quantitative estimate of drug-likeness (QED) is 0.141. The third-order valence-electron chi connectivity index (χ3n) is 10.1. The van der Waals surface area contributed by atoms with Crippen LogP contribution in [0, 0.1) is 11.3 Å². The van der Waals surface area contributed by atoms with Gasteiger partial charge in [0.1, 0.15) is 12.1 Å². The van der Waals surface area contributed by atoms with Crippen LogP contribution < -0.4 is 10.7 Å². The van der Waals surface area contributed by atoms with Crippen molar-refractivity contribution in [3.05, 3.63) is 58.2 Å². The number of nitrogens with one attached hydrogen (secondary N) is 2. The van der Waals surface area contributed by atoms with Crippen LogP contribution in [0.1, 0.15) is 69.8 Å². The zero-order chi connectivity index (χ0) is 39.2. The molecule has 3 aromatic heterocycles. The third-order valence-corrected chi connectivity index (χ3v) is 10.9. The van der Waals surface area contributed by atoms with Gasteiger partial charge in [-0.3, -0.25) is 29.2 Å². The third kappa shape index (κ3) is 8.99. The Kier molecular flexibility index (Phi) is 13.2. The molecule has 0 bridgehead atoms. The number of methoxy groups -OCH3 is 1. The van der Waals surface area contributed by atoms with E-state index in [-0.39, 0.29) is 42.3 Å². The maximum Gasteiger partial charge on any atom is 0.293 e. The van der Waals surface area contributed by atoms with Crippen molar-refractivity contribution < 1.29 is 28.7 Å². The summed E-state index contributed by atoms with van der Waals surface area (Å²) in [6.07, 6.45) is 4.80. The molecule has 0 radical (unpaired) electrons. The lowest BCUT2D eigenvalue weighted by Gasteiger charge is -2.33. The number of likely N-dealkylation sites (N-methyl/N-ethyl adjacent to an activating group) is 1. The Labute approximate surface area is 321 Å². The maximum absolute atomic E-state index is 13.8. The summed E-state index contributed by atoms with van der Waals surface area (Å²) in [7, 11) is 5.29. The van der Waals surface area contributed by atoms with Gasteiger partial charge in [-0.2, -0.15) is 0 Å². The number of benzene rings is 1. The van der Waals surface area contributed by atoms with Crippen molar-refractivity contribution in [1.29, 1.82) is 0 Å². The number of ether oxygens (including phenoxy) is 2. The molecule has 4 heterocycles. The summed E-state index contributed by atoms with van der Waals surface area (Å²) in [6.45, 7) is 11.8. The van der Waals surface area contributed by atoms with Gasteiger partial charge in [-0.1, -0.05) is 33.8 Å². The van der Waals surface area contributed by atoms with Crippen LogP contribution in [0.5, 0.6) is 0 Å².